The topological polar surface area (TPSA) is 66.1 Å². The van der Waals surface area contributed by atoms with Crippen molar-refractivity contribution in [1.82, 2.24) is 14.9 Å². The molecule has 3 aromatic rings. The third-order valence-corrected chi connectivity index (χ3v) is 4.91. The molecule has 0 saturated carbocycles. The number of fused-ring (bicyclic) bond motifs is 1. The van der Waals surface area contributed by atoms with Gasteiger partial charge in [-0.2, -0.15) is 0 Å². The number of aromatic amines is 1. The third-order valence-electron chi connectivity index (χ3n) is 3.77. The van der Waals surface area contributed by atoms with Crippen LogP contribution in [0.5, 0.6) is 0 Å². The maximum absolute atomic E-state index is 12.5. The molecule has 2 heterocycles. The number of hydrogen-bond donors (Lipinski definition) is 1. The molecule has 0 aliphatic rings. The minimum Gasteiger partial charge on any atom is -0.334 e. The zero-order valence-electron chi connectivity index (χ0n) is 13.2. The molecule has 6 heteroatoms. The fourth-order valence-corrected chi connectivity index (χ4v) is 3.40. The zero-order chi connectivity index (χ0) is 16.6. The van der Waals surface area contributed by atoms with Gasteiger partial charge in [-0.25, -0.2) is 4.98 Å². The van der Waals surface area contributed by atoms with Gasteiger partial charge in [0.25, 0.3) is 11.5 Å². The quantitative estimate of drug-likeness (QED) is 0.804. The van der Waals surface area contributed by atoms with E-state index in [4.69, 9.17) is 0 Å². The lowest BCUT2D eigenvalue weighted by Crippen LogP contribution is -2.27. The minimum absolute atomic E-state index is 0.0676. The molecule has 0 atom stereocenters. The fourth-order valence-electron chi connectivity index (χ4n) is 2.37. The van der Waals surface area contributed by atoms with Crippen molar-refractivity contribution in [3.05, 3.63) is 61.8 Å². The molecule has 0 aliphatic carbocycles. The Morgan fingerprint density at radius 3 is 2.74 bits per heavy atom. The van der Waals surface area contributed by atoms with Crippen molar-refractivity contribution in [2.24, 2.45) is 0 Å². The van der Waals surface area contributed by atoms with Crippen LogP contribution in [0.1, 0.15) is 25.9 Å². The summed E-state index contributed by atoms with van der Waals surface area (Å²) < 4.78 is 0. The van der Waals surface area contributed by atoms with E-state index in [1.54, 1.807) is 30.1 Å². The molecule has 3 rings (SSSR count). The summed E-state index contributed by atoms with van der Waals surface area (Å²) in [6.07, 6.45) is 0. The summed E-state index contributed by atoms with van der Waals surface area (Å²) in [5, 5.41) is 0.551. The molecule has 118 valence electrons. The number of hydrogen-bond acceptors (Lipinski definition) is 4. The first kappa shape index (κ1) is 15.4. The molecule has 0 radical (unpaired) electrons. The maximum atomic E-state index is 12.5. The predicted molar refractivity (Wildman–Crippen MR) is 92.0 cm³/mol. The van der Waals surface area contributed by atoms with Crippen LogP contribution in [0, 0.1) is 13.8 Å². The SMILES string of the molecule is Cc1cc(C(=O)N(C)Cc2nc3ccccc3c(=O)[nH]2)sc1C. The first-order chi connectivity index (χ1) is 11.0. The minimum atomic E-state index is -0.186. The number of thiophene rings is 1. The Balaban J connectivity index is 1.86. The van der Waals surface area contributed by atoms with Crippen molar-refractivity contribution < 1.29 is 4.79 Å². The lowest BCUT2D eigenvalue weighted by Gasteiger charge is -2.15. The second-order valence-electron chi connectivity index (χ2n) is 5.54. The number of aromatic nitrogens is 2. The monoisotopic (exact) mass is 327 g/mol. The van der Waals surface area contributed by atoms with Crippen LogP contribution in [0.3, 0.4) is 0 Å². The fraction of sp³-hybridized carbons (Fsp3) is 0.235. The highest BCUT2D eigenvalue weighted by molar-refractivity contribution is 7.14. The molecule has 2 aromatic heterocycles. The average molecular weight is 327 g/mol. The largest absolute Gasteiger partial charge is 0.334 e. The van der Waals surface area contributed by atoms with Gasteiger partial charge in [-0.15, -0.1) is 11.3 Å². The van der Waals surface area contributed by atoms with E-state index in [2.05, 4.69) is 9.97 Å². The highest BCUT2D eigenvalue weighted by atomic mass is 32.1. The Morgan fingerprint density at radius 1 is 1.30 bits per heavy atom. The van der Waals surface area contributed by atoms with Crippen molar-refractivity contribution >= 4 is 28.1 Å². The maximum Gasteiger partial charge on any atom is 0.264 e. The van der Waals surface area contributed by atoms with E-state index in [0.29, 0.717) is 21.6 Å². The molecular formula is C17H17N3O2S. The summed E-state index contributed by atoms with van der Waals surface area (Å²) in [5.74, 6) is 0.413. The van der Waals surface area contributed by atoms with Crippen LogP contribution in [0.4, 0.5) is 0 Å². The van der Waals surface area contributed by atoms with Crippen LogP contribution in [0.25, 0.3) is 10.9 Å². The van der Waals surface area contributed by atoms with E-state index in [1.807, 2.05) is 26.0 Å². The number of nitrogens with zero attached hydrogens (tertiary/aromatic N) is 2. The molecule has 0 unspecified atom stereocenters. The Morgan fingerprint density at radius 2 is 2.04 bits per heavy atom. The Bertz CT molecular complexity index is 923. The molecule has 1 aromatic carbocycles. The molecule has 0 aliphatic heterocycles. The van der Waals surface area contributed by atoms with Gasteiger partial charge in [-0.1, -0.05) is 12.1 Å². The molecule has 1 N–H and O–H groups in total. The number of carbonyl (C=O) groups is 1. The van der Waals surface area contributed by atoms with Crippen molar-refractivity contribution in [2.45, 2.75) is 20.4 Å². The number of para-hydroxylation sites is 1. The summed E-state index contributed by atoms with van der Waals surface area (Å²) in [4.78, 5) is 35.1. The van der Waals surface area contributed by atoms with Gasteiger partial charge >= 0.3 is 0 Å². The molecule has 5 nitrogen and oxygen atoms in total. The molecule has 23 heavy (non-hydrogen) atoms. The summed E-state index contributed by atoms with van der Waals surface area (Å²) in [5.41, 5.74) is 1.56. The van der Waals surface area contributed by atoms with Crippen LogP contribution >= 0.6 is 11.3 Å². The average Bonchev–Trinajstić information content (AvgIpc) is 2.86. The molecule has 0 bridgehead atoms. The highest BCUT2D eigenvalue weighted by Gasteiger charge is 2.16. The molecular weight excluding hydrogens is 310 g/mol. The van der Waals surface area contributed by atoms with Crippen molar-refractivity contribution in [3.8, 4) is 0 Å². The van der Waals surface area contributed by atoms with E-state index in [-0.39, 0.29) is 18.0 Å². The summed E-state index contributed by atoms with van der Waals surface area (Å²) in [6.45, 7) is 4.25. The van der Waals surface area contributed by atoms with Gasteiger partial charge < -0.3 is 9.88 Å². The van der Waals surface area contributed by atoms with Gasteiger partial charge in [0, 0.05) is 11.9 Å². The van der Waals surface area contributed by atoms with Crippen LogP contribution in [0.15, 0.2) is 35.1 Å². The Kier molecular flexibility index (Phi) is 4.00. The highest BCUT2D eigenvalue weighted by Crippen LogP contribution is 2.22. The van der Waals surface area contributed by atoms with Crippen molar-refractivity contribution in [1.29, 1.82) is 0 Å². The van der Waals surface area contributed by atoms with E-state index < -0.39 is 0 Å². The van der Waals surface area contributed by atoms with Crippen molar-refractivity contribution in [3.63, 3.8) is 0 Å². The standard InChI is InChI=1S/C17H17N3O2S/c1-10-8-14(23-11(10)2)17(22)20(3)9-15-18-13-7-5-4-6-12(13)16(21)19-15/h4-8H,9H2,1-3H3,(H,18,19,21). The van der Waals surface area contributed by atoms with Gasteiger partial charge in [-0.3, -0.25) is 9.59 Å². The summed E-state index contributed by atoms with van der Waals surface area (Å²) in [6, 6.07) is 9.06. The summed E-state index contributed by atoms with van der Waals surface area (Å²) in [7, 11) is 1.71. The number of carbonyl (C=O) groups excluding carboxylic acids is 1. The second-order valence-corrected chi connectivity index (χ2v) is 6.80. The van der Waals surface area contributed by atoms with E-state index >= 15 is 0 Å². The van der Waals surface area contributed by atoms with E-state index in [1.165, 1.54) is 11.3 Å². The van der Waals surface area contributed by atoms with E-state index in [0.717, 1.165) is 10.4 Å². The normalized spacial score (nSPS) is 10.9. The van der Waals surface area contributed by atoms with Gasteiger partial charge in [-0.05, 0) is 37.6 Å². The molecule has 0 saturated heterocycles. The van der Waals surface area contributed by atoms with Crippen LogP contribution in [0.2, 0.25) is 0 Å². The lowest BCUT2D eigenvalue weighted by molar-refractivity contribution is 0.0786. The van der Waals surface area contributed by atoms with Gasteiger partial charge in [0.05, 0.1) is 22.3 Å². The number of nitrogens with one attached hydrogen (secondary N) is 1. The van der Waals surface area contributed by atoms with Crippen LogP contribution in [-0.2, 0) is 6.54 Å². The Labute approximate surface area is 137 Å². The number of aryl methyl sites for hydroxylation is 2. The lowest BCUT2D eigenvalue weighted by atomic mass is 10.2. The van der Waals surface area contributed by atoms with Crippen LogP contribution in [-0.4, -0.2) is 27.8 Å². The zero-order valence-corrected chi connectivity index (χ0v) is 14.0. The molecule has 1 amide bonds. The Hall–Kier alpha value is -2.47. The number of rotatable bonds is 3. The first-order valence-corrected chi connectivity index (χ1v) is 8.08. The smallest absolute Gasteiger partial charge is 0.264 e. The van der Waals surface area contributed by atoms with Crippen LogP contribution < -0.4 is 5.56 Å². The molecule has 0 fully saturated rings. The second kappa shape index (κ2) is 5.96. The van der Waals surface area contributed by atoms with Gasteiger partial charge in [0.1, 0.15) is 5.82 Å². The van der Waals surface area contributed by atoms with Gasteiger partial charge in [0.15, 0.2) is 0 Å². The predicted octanol–water partition coefficient (Wildman–Crippen LogP) is 2.87. The summed E-state index contributed by atoms with van der Waals surface area (Å²) >= 11 is 1.48. The number of amides is 1. The number of benzene rings is 1. The number of H-pyrrole nitrogens is 1. The van der Waals surface area contributed by atoms with Gasteiger partial charge in [0.2, 0.25) is 0 Å². The first-order valence-electron chi connectivity index (χ1n) is 7.26. The van der Waals surface area contributed by atoms with E-state index in [9.17, 15) is 9.59 Å². The van der Waals surface area contributed by atoms with Crippen molar-refractivity contribution in [2.75, 3.05) is 7.05 Å². The molecule has 0 spiro atoms. The third kappa shape index (κ3) is 3.03.